The van der Waals surface area contributed by atoms with Gasteiger partial charge in [0.1, 0.15) is 6.04 Å². The van der Waals surface area contributed by atoms with Crippen LogP contribution in [0.25, 0.3) is 0 Å². The van der Waals surface area contributed by atoms with Gasteiger partial charge in [-0.05, 0) is 6.92 Å². The summed E-state index contributed by atoms with van der Waals surface area (Å²) in [5, 5.41) is 31.2. The third kappa shape index (κ3) is 31.5. The average Bonchev–Trinajstić information content (AvgIpc) is 2.05. The molecular formula is C8H16KN3O3. The third-order valence-electron chi connectivity index (χ3n) is 0.805. The monoisotopic (exact) mass is 241 g/mol. The number of carboxylic acids is 1. The topological polar surface area (TPSA) is 131 Å². The van der Waals surface area contributed by atoms with Crippen LogP contribution in [0.5, 0.6) is 0 Å². The van der Waals surface area contributed by atoms with Crippen molar-refractivity contribution in [2.45, 2.75) is 32.9 Å². The fourth-order valence-corrected chi connectivity index (χ4v) is 0.206. The van der Waals surface area contributed by atoms with Crippen LogP contribution in [-0.2, 0) is 4.79 Å². The molecule has 0 fully saturated rings. The number of nitrogens with zero attached hydrogens (tertiary/aromatic N) is 2. The Hall–Kier alpha value is 0.00636. The minimum absolute atomic E-state index is 0. The van der Waals surface area contributed by atoms with Crippen LogP contribution in [0.2, 0.25) is 0 Å². The maximum Gasteiger partial charge on any atom is 1.00 e. The Morgan fingerprint density at radius 1 is 1.40 bits per heavy atom. The standard InChI is InChI=1S/C4H9NO3.2C2H3N.K.H/c1-2(6)3(5)4(7)8;2*1-2-3;;/h2-3,6H,5H2,1H3,(H,7,8);2*1H3;;/q;;;+1;-1/t2-,3+;;;;/m1..../s1. The van der Waals surface area contributed by atoms with Crippen molar-refractivity contribution in [2.75, 3.05) is 0 Å². The van der Waals surface area contributed by atoms with Crippen LogP contribution in [-0.4, -0.2) is 28.3 Å². The largest absolute Gasteiger partial charge is 1.00 e. The van der Waals surface area contributed by atoms with Crippen LogP contribution < -0.4 is 57.1 Å². The number of aliphatic hydroxyl groups excluding tert-OH is 1. The van der Waals surface area contributed by atoms with Crippen LogP contribution in [0.1, 0.15) is 22.2 Å². The summed E-state index contributed by atoms with van der Waals surface area (Å²) in [5.74, 6) is -1.18. The SMILES string of the molecule is CC#N.CC#N.C[C@@H](O)[C@H](N)C(=O)O.[H-].[K+]. The summed E-state index contributed by atoms with van der Waals surface area (Å²) in [6.45, 7) is 4.19. The van der Waals surface area contributed by atoms with E-state index >= 15 is 0 Å². The van der Waals surface area contributed by atoms with E-state index in [1.165, 1.54) is 20.8 Å². The third-order valence-corrected chi connectivity index (χ3v) is 0.805. The van der Waals surface area contributed by atoms with E-state index in [0.717, 1.165) is 0 Å². The summed E-state index contributed by atoms with van der Waals surface area (Å²) in [6.07, 6.45) is -0.979. The quantitative estimate of drug-likeness (QED) is 0.440. The number of carboxylic acid groups (broad SMARTS) is 1. The molecule has 6 nitrogen and oxygen atoms in total. The number of hydrogen-bond donors (Lipinski definition) is 3. The van der Waals surface area contributed by atoms with Crippen LogP contribution in [0, 0.1) is 22.7 Å². The van der Waals surface area contributed by atoms with Gasteiger partial charge in [0, 0.05) is 13.8 Å². The molecule has 0 radical (unpaired) electrons. The number of carbonyl (C=O) groups is 1. The molecule has 0 amide bonds. The number of hydrogen-bond acceptors (Lipinski definition) is 5. The molecule has 0 aromatic rings. The molecule has 0 heterocycles. The van der Waals surface area contributed by atoms with Crippen molar-refractivity contribution < 1.29 is 67.8 Å². The molecule has 0 saturated carbocycles. The first kappa shape index (κ1) is 24.3. The van der Waals surface area contributed by atoms with Gasteiger partial charge in [-0.15, -0.1) is 0 Å². The molecule has 0 saturated heterocycles. The van der Waals surface area contributed by atoms with Crippen molar-refractivity contribution in [2.24, 2.45) is 5.73 Å². The number of aliphatic carboxylic acids is 1. The number of nitriles is 2. The molecule has 0 aliphatic carbocycles. The Balaban J connectivity index is -0.0000000434. The van der Waals surface area contributed by atoms with Crippen LogP contribution in [0.15, 0.2) is 0 Å². The molecule has 0 aliphatic rings. The maximum absolute atomic E-state index is 9.86. The molecule has 82 valence electrons. The van der Waals surface area contributed by atoms with Gasteiger partial charge in [0.15, 0.2) is 0 Å². The minimum atomic E-state index is -1.18. The average molecular weight is 241 g/mol. The van der Waals surface area contributed by atoms with Crippen molar-refractivity contribution in [3.63, 3.8) is 0 Å². The summed E-state index contributed by atoms with van der Waals surface area (Å²) in [4.78, 5) is 9.86. The fraction of sp³-hybridized carbons (Fsp3) is 0.625. The summed E-state index contributed by atoms with van der Waals surface area (Å²) < 4.78 is 0. The molecule has 15 heavy (non-hydrogen) atoms. The van der Waals surface area contributed by atoms with Gasteiger partial charge in [-0.2, -0.15) is 10.5 Å². The molecule has 0 aliphatic heterocycles. The van der Waals surface area contributed by atoms with Gasteiger partial charge in [0.05, 0.1) is 18.2 Å². The first-order valence-corrected chi connectivity index (χ1v) is 3.67. The summed E-state index contributed by atoms with van der Waals surface area (Å²) in [6, 6.07) is 2.34. The van der Waals surface area contributed by atoms with E-state index in [-0.39, 0.29) is 52.8 Å². The van der Waals surface area contributed by atoms with Crippen molar-refractivity contribution in [3.8, 4) is 12.1 Å². The number of rotatable bonds is 2. The Labute approximate surface area is 134 Å². The zero-order valence-corrected chi connectivity index (χ0v) is 12.6. The van der Waals surface area contributed by atoms with E-state index in [1.54, 1.807) is 12.1 Å². The molecule has 0 aromatic carbocycles. The Bertz CT molecular complexity index is 214. The zero-order chi connectivity index (χ0) is 12.1. The van der Waals surface area contributed by atoms with Gasteiger partial charge >= 0.3 is 57.4 Å². The van der Waals surface area contributed by atoms with Crippen LogP contribution in [0.3, 0.4) is 0 Å². The molecule has 0 rings (SSSR count). The van der Waals surface area contributed by atoms with Crippen LogP contribution >= 0.6 is 0 Å². The van der Waals surface area contributed by atoms with Gasteiger partial charge in [0.25, 0.3) is 0 Å². The van der Waals surface area contributed by atoms with E-state index < -0.39 is 18.1 Å². The molecular weight excluding hydrogens is 225 g/mol. The molecule has 7 heteroatoms. The van der Waals surface area contributed by atoms with Crippen molar-refractivity contribution in [1.82, 2.24) is 0 Å². The molecule has 2 atom stereocenters. The van der Waals surface area contributed by atoms with Gasteiger partial charge in [-0.25, -0.2) is 0 Å². The molecule has 4 N–H and O–H groups in total. The van der Waals surface area contributed by atoms with E-state index in [9.17, 15) is 4.79 Å². The van der Waals surface area contributed by atoms with E-state index in [2.05, 4.69) is 0 Å². The second-order valence-electron chi connectivity index (χ2n) is 2.05. The van der Waals surface area contributed by atoms with Crippen molar-refractivity contribution >= 4 is 5.97 Å². The number of nitrogens with two attached hydrogens (primary N) is 1. The Morgan fingerprint density at radius 3 is 1.60 bits per heavy atom. The van der Waals surface area contributed by atoms with E-state index in [0.29, 0.717) is 0 Å². The molecule has 0 spiro atoms. The zero-order valence-electron chi connectivity index (χ0n) is 10.4. The van der Waals surface area contributed by atoms with Crippen molar-refractivity contribution in [3.05, 3.63) is 0 Å². The van der Waals surface area contributed by atoms with Gasteiger partial charge < -0.3 is 17.4 Å². The molecule has 0 unspecified atom stereocenters. The second-order valence-corrected chi connectivity index (χ2v) is 2.05. The Morgan fingerprint density at radius 2 is 1.60 bits per heavy atom. The summed E-state index contributed by atoms with van der Waals surface area (Å²) in [5.41, 5.74) is 4.91. The van der Waals surface area contributed by atoms with Crippen LogP contribution in [0.4, 0.5) is 0 Å². The predicted octanol–water partition coefficient (Wildman–Crippen LogP) is -3.04. The van der Waals surface area contributed by atoms with Gasteiger partial charge in [-0.3, -0.25) is 4.79 Å². The fourth-order valence-electron chi connectivity index (χ4n) is 0.206. The van der Waals surface area contributed by atoms with Gasteiger partial charge in [0.2, 0.25) is 0 Å². The molecule has 0 bridgehead atoms. The van der Waals surface area contributed by atoms with E-state index in [4.69, 9.17) is 26.5 Å². The summed E-state index contributed by atoms with van der Waals surface area (Å²) in [7, 11) is 0. The second kappa shape index (κ2) is 19.6. The Kier molecular flexibility index (Phi) is 31.7. The predicted molar refractivity (Wildman–Crippen MR) is 51.0 cm³/mol. The van der Waals surface area contributed by atoms with E-state index in [1.807, 2.05) is 0 Å². The van der Waals surface area contributed by atoms with Crippen molar-refractivity contribution in [1.29, 1.82) is 10.5 Å². The van der Waals surface area contributed by atoms with Gasteiger partial charge in [-0.1, -0.05) is 0 Å². The normalized spacial score (nSPS) is 10.3. The first-order valence-electron chi connectivity index (χ1n) is 3.67. The first-order chi connectivity index (χ1) is 6.38. The summed E-state index contributed by atoms with van der Waals surface area (Å²) >= 11 is 0. The minimum Gasteiger partial charge on any atom is -1.00 e. The molecule has 0 aromatic heterocycles. The smallest absolute Gasteiger partial charge is 1.00 e. The number of aliphatic hydroxyl groups is 1. The maximum atomic E-state index is 9.86.